The monoisotopic (exact) mass is 219 g/mol. The van der Waals surface area contributed by atoms with Crippen LogP contribution in [0, 0.1) is 0 Å². The molecule has 1 aromatic carbocycles. The molecule has 0 fully saturated rings. The Hall–Kier alpha value is -1.54. The van der Waals surface area contributed by atoms with Gasteiger partial charge in [0.15, 0.2) is 0 Å². The zero-order chi connectivity index (χ0) is 10.7. The molecule has 0 spiro atoms. The second kappa shape index (κ2) is 4.32. The SMILES string of the molecule is Oc1ccc(-c2cc(CCl)ccn2)cc1. The lowest BCUT2D eigenvalue weighted by atomic mass is 10.1. The number of phenols is 1. The summed E-state index contributed by atoms with van der Waals surface area (Å²) in [5, 5.41) is 9.16. The Kier molecular flexibility index (Phi) is 2.88. The number of pyridine rings is 1. The fourth-order valence-corrected chi connectivity index (χ4v) is 1.51. The van der Waals surface area contributed by atoms with Crippen molar-refractivity contribution >= 4 is 11.6 Å². The number of phenolic OH excluding ortho intramolecular Hbond substituents is 1. The molecule has 0 bridgehead atoms. The van der Waals surface area contributed by atoms with Gasteiger partial charge in [0.05, 0.1) is 5.69 Å². The number of alkyl halides is 1. The van der Waals surface area contributed by atoms with Crippen molar-refractivity contribution < 1.29 is 5.11 Å². The van der Waals surface area contributed by atoms with Crippen LogP contribution in [0.3, 0.4) is 0 Å². The Labute approximate surface area is 93.2 Å². The maximum atomic E-state index is 9.16. The summed E-state index contributed by atoms with van der Waals surface area (Å²) in [5.74, 6) is 0.736. The summed E-state index contributed by atoms with van der Waals surface area (Å²) < 4.78 is 0. The van der Waals surface area contributed by atoms with E-state index < -0.39 is 0 Å². The van der Waals surface area contributed by atoms with Gasteiger partial charge in [-0.1, -0.05) is 0 Å². The number of aromatic nitrogens is 1. The molecule has 76 valence electrons. The summed E-state index contributed by atoms with van der Waals surface area (Å²) in [6.45, 7) is 0. The molecule has 0 unspecified atom stereocenters. The van der Waals surface area contributed by atoms with Crippen LogP contribution in [0.2, 0.25) is 0 Å². The molecule has 0 saturated carbocycles. The van der Waals surface area contributed by atoms with Crippen molar-refractivity contribution in [2.24, 2.45) is 0 Å². The van der Waals surface area contributed by atoms with Crippen LogP contribution in [0.4, 0.5) is 0 Å². The molecular weight excluding hydrogens is 210 g/mol. The number of hydrogen-bond donors (Lipinski definition) is 1. The van der Waals surface area contributed by atoms with E-state index in [4.69, 9.17) is 16.7 Å². The quantitative estimate of drug-likeness (QED) is 0.787. The zero-order valence-corrected chi connectivity index (χ0v) is 8.78. The maximum Gasteiger partial charge on any atom is 0.115 e. The largest absolute Gasteiger partial charge is 0.508 e. The zero-order valence-electron chi connectivity index (χ0n) is 8.02. The third kappa shape index (κ3) is 2.28. The second-order valence-corrected chi connectivity index (χ2v) is 3.50. The molecule has 0 radical (unpaired) electrons. The van der Waals surface area contributed by atoms with Crippen molar-refractivity contribution in [3.8, 4) is 17.0 Å². The standard InChI is InChI=1S/C12H10ClNO/c13-8-9-5-6-14-12(7-9)10-1-3-11(15)4-2-10/h1-7,15H,8H2. The summed E-state index contributed by atoms with van der Waals surface area (Å²) in [7, 11) is 0. The minimum atomic E-state index is 0.257. The van der Waals surface area contributed by atoms with Gasteiger partial charge in [0.1, 0.15) is 5.75 Å². The van der Waals surface area contributed by atoms with E-state index in [9.17, 15) is 0 Å². The first-order valence-electron chi connectivity index (χ1n) is 4.60. The Bertz CT molecular complexity index is 453. The number of nitrogens with zero attached hydrogens (tertiary/aromatic N) is 1. The first kappa shape index (κ1) is 9.99. The molecule has 15 heavy (non-hydrogen) atoms. The lowest BCUT2D eigenvalue weighted by molar-refractivity contribution is 0.475. The van der Waals surface area contributed by atoms with E-state index in [0.29, 0.717) is 5.88 Å². The molecule has 2 rings (SSSR count). The van der Waals surface area contributed by atoms with E-state index in [2.05, 4.69) is 4.98 Å². The van der Waals surface area contributed by atoms with Crippen molar-refractivity contribution in [3.05, 3.63) is 48.2 Å². The van der Waals surface area contributed by atoms with Gasteiger partial charge in [0, 0.05) is 17.6 Å². The first-order chi connectivity index (χ1) is 7.29. The third-order valence-corrected chi connectivity index (χ3v) is 2.45. The van der Waals surface area contributed by atoms with Crippen molar-refractivity contribution in [1.82, 2.24) is 4.98 Å². The first-order valence-corrected chi connectivity index (χ1v) is 5.13. The summed E-state index contributed by atoms with van der Waals surface area (Å²) in [5.41, 5.74) is 2.88. The van der Waals surface area contributed by atoms with E-state index in [0.717, 1.165) is 16.8 Å². The Morgan fingerprint density at radius 3 is 2.53 bits per heavy atom. The van der Waals surface area contributed by atoms with E-state index in [-0.39, 0.29) is 5.75 Å². The highest BCUT2D eigenvalue weighted by Gasteiger charge is 2.00. The second-order valence-electron chi connectivity index (χ2n) is 3.23. The number of halogens is 1. The van der Waals surface area contributed by atoms with Gasteiger partial charge in [-0.3, -0.25) is 4.98 Å². The number of aromatic hydroxyl groups is 1. The van der Waals surface area contributed by atoms with Crippen LogP contribution >= 0.6 is 11.6 Å². The predicted molar refractivity (Wildman–Crippen MR) is 60.9 cm³/mol. The topological polar surface area (TPSA) is 33.1 Å². The highest BCUT2D eigenvalue weighted by Crippen LogP contribution is 2.20. The Morgan fingerprint density at radius 2 is 1.87 bits per heavy atom. The van der Waals surface area contributed by atoms with E-state index >= 15 is 0 Å². The van der Waals surface area contributed by atoms with Gasteiger partial charge in [0.2, 0.25) is 0 Å². The molecule has 2 nitrogen and oxygen atoms in total. The molecule has 1 aromatic heterocycles. The molecule has 0 atom stereocenters. The Morgan fingerprint density at radius 1 is 1.13 bits per heavy atom. The van der Waals surface area contributed by atoms with Gasteiger partial charge in [0.25, 0.3) is 0 Å². The molecule has 0 amide bonds. The number of hydrogen-bond acceptors (Lipinski definition) is 2. The summed E-state index contributed by atoms with van der Waals surface area (Å²) in [4.78, 5) is 4.25. The molecule has 1 heterocycles. The minimum Gasteiger partial charge on any atom is -0.508 e. The van der Waals surface area contributed by atoms with Crippen molar-refractivity contribution in [2.75, 3.05) is 0 Å². The van der Waals surface area contributed by atoms with Crippen molar-refractivity contribution in [3.63, 3.8) is 0 Å². The van der Waals surface area contributed by atoms with Crippen LogP contribution in [0.5, 0.6) is 5.75 Å². The molecule has 3 heteroatoms. The van der Waals surface area contributed by atoms with Crippen LogP contribution in [0.25, 0.3) is 11.3 Å². The lowest BCUT2D eigenvalue weighted by Gasteiger charge is -2.02. The molecule has 0 saturated heterocycles. The van der Waals surface area contributed by atoms with Crippen molar-refractivity contribution in [2.45, 2.75) is 5.88 Å². The smallest absolute Gasteiger partial charge is 0.115 e. The van der Waals surface area contributed by atoms with Crippen molar-refractivity contribution in [1.29, 1.82) is 0 Å². The van der Waals surface area contributed by atoms with Crippen LogP contribution in [0.1, 0.15) is 5.56 Å². The van der Waals surface area contributed by atoms with Gasteiger partial charge in [-0.2, -0.15) is 0 Å². The highest BCUT2D eigenvalue weighted by atomic mass is 35.5. The van der Waals surface area contributed by atoms with Crippen LogP contribution in [0.15, 0.2) is 42.6 Å². The number of benzene rings is 1. The normalized spacial score (nSPS) is 10.2. The summed E-state index contributed by atoms with van der Waals surface area (Å²) in [6.07, 6.45) is 1.74. The molecule has 0 aliphatic carbocycles. The van der Waals surface area contributed by atoms with Gasteiger partial charge in [-0.25, -0.2) is 0 Å². The average molecular weight is 220 g/mol. The fraction of sp³-hybridized carbons (Fsp3) is 0.0833. The summed E-state index contributed by atoms with van der Waals surface area (Å²) in [6, 6.07) is 10.8. The van der Waals surface area contributed by atoms with Gasteiger partial charge in [-0.05, 0) is 42.0 Å². The molecule has 1 N–H and O–H groups in total. The van der Waals surface area contributed by atoms with Gasteiger partial charge in [-0.15, -0.1) is 11.6 Å². The lowest BCUT2D eigenvalue weighted by Crippen LogP contribution is -1.85. The van der Waals surface area contributed by atoms with Crippen LogP contribution in [-0.4, -0.2) is 10.1 Å². The van der Waals surface area contributed by atoms with Crippen LogP contribution < -0.4 is 0 Å². The third-order valence-electron chi connectivity index (χ3n) is 2.14. The minimum absolute atomic E-state index is 0.257. The van der Waals surface area contributed by atoms with E-state index in [1.54, 1.807) is 18.3 Å². The molecular formula is C12H10ClNO. The molecule has 0 aliphatic heterocycles. The van der Waals surface area contributed by atoms with Gasteiger partial charge < -0.3 is 5.11 Å². The average Bonchev–Trinajstić information content (AvgIpc) is 2.30. The number of rotatable bonds is 2. The van der Waals surface area contributed by atoms with Crippen LogP contribution in [-0.2, 0) is 5.88 Å². The molecule has 2 aromatic rings. The fourth-order valence-electron chi connectivity index (χ4n) is 1.35. The predicted octanol–water partition coefficient (Wildman–Crippen LogP) is 3.19. The van der Waals surface area contributed by atoms with Gasteiger partial charge >= 0.3 is 0 Å². The Balaban J connectivity index is 2.40. The van der Waals surface area contributed by atoms with E-state index in [1.165, 1.54) is 0 Å². The highest BCUT2D eigenvalue weighted by molar-refractivity contribution is 6.17. The maximum absolute atomic E-state index is 9.16. The molecule has 0 aliphatic rings. The van der Waals surface area contributed by atoms with E-state index in [1.807, 2.05) is 24.3 Å². The summed E-state index contributed by atoms with van der Waals surface area (Å²) >= 11 is 5.74.